The molecule has 2 unspecified atom stereocenters. The van der Waals surface area contributed by atoms with Crippen LogP contribution in [0.5, 0.6) is 0 Å². The topological polar surface area (TPSA) is 43.1 Å². The van der Waals surface area contributed by atoms with Crippen LogP contribution < -0.4 is 5.73 Å². The van der Waals surface area contributed by atoms with E-state index in [1.165, 1.54) is 0 Å². The molecular formula is C9H13NO. The fourth-order valence-corrected chi connectivity index (χ4v) is 1.14. The Bertz CT molecular complexity index is 230. The van der Waals surface area contributed by atoms with Crippen LogP contribution in [0.4, 0.5) is 0 Å². The molecule has 0 fully saturated rings. The Morgan fingerprint density at radius 2 is 2.18 bits per heavy atom. The van der Waals surface area contributed by atoms with E-state index in [-0.39, 0.29) is 11.8 Å². The Balaban J connectivity index is 2.94. The van der Waals surface area contributed by atoms with Gasteiger partial charge in [-0.15, -0.1) is 0 Å². The highest BCUT2D eigenvalue weighted by Gasteiger charge is 2.33. The highest BCUT2D eigenvalue weighted by atomic mass is 16.1. The monoisotopic (exact) mass is 151 g/mol. The van der Waals surface area contributed by atoms with Gasteiger partial charge >= 0.3 is 0 Å². The van der Waals surface area contributed by atoms with Gasteiger partial charge in [0.2, 0.25) is 5.91 Å². The summed E-state index contributed by atoms with van der Waals surface area (Å²) < 4.78 is 0. The molecule has 1 rings (SSSR count). The van der Waals surface area contributed by atoms with Gasteiger partial charge in [0.1, 0.15) is 0 Å². The van der Waals surface area contributed by atoms with Gasteiger partial charge in [0.25, 0.3) is 0 Å². The number of amides is 1. The van der Waals surface area contributed by atoms with Gasteiger partial charge in [0.05, 0.1) is 5.41 Å². The number of hydrogen-bond donors (Lipinski definition) is 1. The number of allylic oxidation sites excluding steroid dienone is 3. The fraction of sp³-hybridized carbons (Fsp3) is 0.444. The molecule has 0 aromatic rings. The Morgan fingerprint density at radius 1 is 1.55 bits per heavy atom. The van der Waals surface area contributed by atoms with E-state index < -0.39 is 5.41 Å². The van der Waals surface area contributed by atoms with E-state index in [0.29, 0.717) is 0 Å². The fourth-order valence-electron chi connectivity index (χ4n) is 1.14. The molecule has 2 nitrogen and oxygen atoms in total. The van der Waals surface area contributed by atoms with Crippen LogP contribution in [-0.4, -0.2) is 5.91 Å². The highest BCUT2D eigenvalue weighted by molar-refractivity contribution is 5.83. The number of rotatable bonds is 1. The molecule has 2 N–H and O–H groups in total. The van der Waals surface area contributed by atoms with E-state index >= 15 is 0 Å². The van der Waals surface area contributed by atoms with Gasteiger partial charge in [0, 0.05) is 0 Å². The first-order chi connectivity index (χ1) is 5.07. The molecule has 60 valence electrons. The van der Waals surface area contributed by atoms with Gasteiger partial charge in [-0.2, -0.15) is 0 Å². The van der Waals surface area contributed by atoms with Crippen LogP contribution in [0.3, 0.4) is 0 Å². The summed E-state index contributed by atoms with van der Waals surface area (Å²) in [6.07, 6.45) is 7.66. The summed E-state index contributed by atoms with van der Waals surface area (Å²) in [4.78, 5) is 11.0. The second-order valence-electron chi connectivity index (χ2n) is 3.18. The van der Waals surface area contributed by atoms with E-state index in [4.69, 9.17) is 5.73 Å². The van der Waals surface area contributed by atoms with Crippen molar-refractivity contribution in [2.24, 2.45) is 17.1 Å². The zero-order valence-electron chi connectivity index (χ0n) is 6.87. The van der Waals surface area contributed by atoms with Crippen molar-refractivity contribution < 1.29 is 4.79 Å². The van der Waals surface area contributed by atoms with Crippen LogP contribution in [-0.2, 0) is 4.79 Å². The van der Waals surface area contributed by atoms with Crippen molar-refractivity contribution in [2.75, 3.05) is 0 Å². The maximum atomic E-state index is 11.0. The van der Waals surface area contributed by atoms with Crippen LogP contribution in [0.2, 0.25) is 0 Å². The van der Waals surface area contributed by atoms with Gasteiger partial charge < -0.3 is 5.73 Å². The van der Waals surface area contributed by atoms with Crippen LogP contribution in [0.15, 0.2) is 24.3 Å². The molecule has 0 aromatic carbocycles. The minimum absolute atomic E-state index is 0.199. The first kappa shape index (κ1) is 8.05. The molecule has 11 heavy (non-hydrogen) atoms. The molecule has 0 aromatic heterocycles. The summed E-state index contributed by atoms with van der Waals surface area (Å²) >= 11 is 0. The first-order valence-corrected chi connectivity index (χ1v) is 3.73. The quantitative estimate of drug-likeness (QED) is 0.602. The van der Waals surface area contributed by atoms with Crippen LogP contribution in [0.25, 0.3) is 0 Å². The predicted molar refractivity (Wildman–Crippen MR) is 44.7 cm³/mol. The van der Waals surface area contributed by atoms with Crippen molar-refractivity contribution in [3.8, 4) is 0 Å². The lowest BCUT2D eigenvalue weighted by Crippen LogP contribution is -2.38. The van der Waals surface area contributed by atoms with Crippen molar-refractivity contribution in [3.05, 3.63) is 24.3 Å². The maximum absolute atomic E-state index is 11.0. The minimum atomic E-state index is -0.491. The van der Waals surface area contributed by atoms with Crippen LogP contribution in [0.1, 0.15) is 13.8 Å². The number of nitrogens with two attached hydrogens (primary N) is 1. The second-order valence-corrected chi connectivity index (χ2v) is 3.18. The molecule has 0 spiro atoms. The number of hydrogen-bond acceptors (Lipinski definition) is 1. The van der Waals surface area contributed by atoms with Crippen LogP contribution >= 0.6 is 0 Å². The molecule has 2 heteroatoms. The minimum Gasteiger partial charge on any atom is -0.369 e. The summed E-state index contributed by atoms with van der Waals surface area (Å²) in [5.74, 6) is -0.0596. The SMILES string of the molecule is CC1C=CC=CC1(C)C(N)=O. The lowest BCUT2D eigenvalue weighted by molar-refractivity contribution is -0.125. The van der Waals surface area contributed by atoms with Crippen molar-refractivity contribution in [1.82, 2.24) is 0 Å². The van der Waals surface area contributed by atoms with Gasteiger partial charge in [-0.05, 0) is 12.8 Å². The largest absolute Gasteiger partial charge is 0.369 e. The highest BCUT2D eigenvalue weighted by Crippen LogP contribution is 2.31. The Kier molecular flexibility index (Phi) is 1.85. The van der Waals surface area contributed by atoms with Crippen molar-refractivity contribution in [3.63, 3.8) is 0 Å². The molecule has 0 heterocycles. The Labute approximate surface area is 66.8 Å². The lowest BCUT2D eigenvalue weighted by atomic mass is 9.75. The summed E-state index contributed by atoms with van der Waals surface area (Å²) in [5, 5.41) is 0. The molecule has 0 saturated heterocycles. The Morgan fingerprint density at radius 3 is 2.55 bits per heavy atom. The van der Waals surface area contributed by atoms with Crippen molar-refractivity contribution in [1.29, 1.82) is 0 Å². The number of carbonyl (C=O) groups excluding carboxylic acids is 1. The standard InChI is InChI=1S/C9H13NO/c1-7-5-3-4-6-9(7,2)8(10)11/h3-7H,1-2H3,(H2,10,11). The van der Waals surface area contributed by atoms with E-state index in [1.54, 1.807) is 0 Å². The van der Waals surface area contributed by atoms with E-state index in [2.05, 4.69) is 0 Å². The van der Waals surface area contributed by atoms with E-state index in [1.807, 2.05) is 38.2 Å². The number of carbonyl (C=O) groups is 1. The van der Waals surface area contributed by atoms with Gasteiger partial charge in [0.15, 0.2) is 0 Å². The average molecular weight is 151 g/mol. The summed E-state index contributed by atoms with van der Waals surface area (Å²) in [6, 6.07) is 0. The van der Waals surface area contributed by atoms with E-state index in [9.17, 15) is 4.79 Å². The molecule has 2 atom stereocenters. The molecule has 0 radical (unpaired) electrons. The second kappa shape index (κ2) is 2.53. The van der Waals surface area contributed by atoms with Gasteiger partial charge in [-0.3, -0.25) is 4.79 Å². The summed E-state index contributed by atoms with van der Waals surface area (Å²) in [6.45, 7) is 3.85. The predicted octanol–water partition coefficient (Wildman–Crippen LogP) is 1.24. The third kappa shape index (κ3) is 1.20. The van der Waals surface area contributed by atoms with Gasteiger partial charge in [-0.25, -0.2) is 0 Å². The van der Waals surface area contributed by atoms with E-state index in [0.717, 1.165) is 0 Å². The first-order valence-electron chi connectivity index (χ1n) is 3.73. The molecule has 1 aliphatic carbocycles. The molecule has 0 bridgehead atoms. The molecule has 1 amide bonds. The number of primary amides is 1. The normalized spacial score (nSPS) is 35.6. The average Bonchev–Trinajstić information content (AvgIpc) is 1.95. The summed E-state index contributed by atoms with van der Waals surface area (Å²) in [7, 11) is 0. The van der Waals surface area contributed by atoms with Crippen LogP contribution in [0, 0.1) is 11.3 Å². The third-order valence-electron chi connectivity index (χ3n) is 2.43. The zero-order valence-corrected chi connectivity index (χ0v) is 6.87. The molecule has 0 aliphatic heterocycles. The Hall–Kier alpha value is -1.05. The summed E-state index contributed by atoms with van der Waals surface area (Å²) in [5.41, 5.74) is 4.78. The van der Waals surface area contributed by atoms with Crippen molar-refractivity contribution in [2.45, 2.75) is 13.8 Å². The third-order valence-corrected chi connectivity index (χ3v) is 2.43. The lowest BCUT2D eigenvalue weighted by Gasteiger charge is -2.29. The molecule has 0 saturated carbocycles. The maximum Gasteiger partial charge on any atom is 0.227 e. The zero-order chi connectivity index (χ0) is 8.48. The smallest absolute Gasteiger partial charge is 0.227 e. The molecule has 1 aliphatic rings. The molecular weight excluding hydrogens is 138 g/mol. The van der Waals surface area contributed by atoms with Crippen molar-refractivity contribution >= 4 is 5.91 Å². The van der Waals surface area contributed by atoms with Gasteiger partial charge in [-0.1, -0.05) is 31.2 Å².